The smallest absolute Gasteiger partial charge is 0.231 e. The fourth-order valence-corrected chi connectivity index (χ4v) is 4.95. The van der Waals surface area contributed by atoms with Crippen molar-refractivity contribution in [2.75, 3.05) is 12.1 Å². The number of aliphatic imine (C=N–C) groups is 1. The predicted molar refractivity (Wildman–Crippen MR) is 124 cm³/mol. The summed E-state index contributed by atoms with van der Waals surface area (Å²) < 4.78 is 10.8. The van der Waals surface area contributed by atoms with Gasteiger partial charge in [0.1, 0.15) is 0 Å². The van der Waals surface area contributed by atoms with Crippen LogP contribution in [0.2, 0.25) is 0 Å². The van der Waals surface area contributed by atoms with E-state index in [0.29, 0.717) is 17.9 Å². The summed E-state index contributed by atoms with van der Waals surface area (Å²) in [6.07, 6.45) is 7.71. The molecular weight excluding hydrogens is 384 g/mol. The summed E-state index contributed by atoms with van der Waals surface area (Å²) in [5.74, 6) is 2.61. The molecule has 2 aliphatic heterocycles. The number of rotatable bonds is 3. The van der Waals surface area contributed by atoms with Gasteiger partial charge >= 0.3 is 0 Å². The molecule has 4 nitrogen and oxygen atoms in total. The Kier molecular flexibility index (Phi) is 4.30. The number of aryl methyl sites for hydroxylation is 1. The summed E-state index contributed by atoms with van der Waals surface area (Å²) in [4.78, 5) is 4.65. The Labute approximate surface area is 182 Å². The minimum Gasteiger partial charge on any atom is -0.454 e. The van der Waals surface area contributed by atoms with E-state index in [-0.39, 0.29) is 6.79 Å². The van der Waals surface area contributed by atoms with Gasteiger partial charge in [-0.2, -0.15) is 0 Å². The van der Waals surface area contributed by atoms with Gasteiger partial charge in [0.15, 0.2) is 11.5 Å². The molecule has 6 rings (SSSR count). The van der Waals surface area contributed by atoms with Crippen molar-refractivity contribution in [2.45, 2.75) is 25.3 Å². The maximum atomic E-state index is 5.44. The van der Waals surface area contributed by atoms with E-state index in [2.05, 4.69) is 71.8 Å². The Morgan fingerprint density at radius 1 is 0.968 bits per heavy atom. The number of anilines is 1. The summed E-state index contributed by atoms with van der Waals surface area (Å²) in [6.45, 7) is 2.46. The van der Waals surface area contributed by atoms with Gasteiger partial charge in [-0.1, -0.05) is 42.0 Å². The van der Waals surface area contributed by atoms with Crippen LogP contribution >= 0.6 is 0 Å². The van der Waals surface area contributed by atoms with E-state index in [1.807, 2.05) is 24.4 Å². The number of nitrogens with one attached hydrogen (secondary N) is 1. The predicted octanol–water partition coefficient (Wildman–Crippen LogP) is 6.30. The number of nitrogens with zero attached hydrogens (tertiary/aromatic N) is 1. The highest BCUT2D eigenvalue weighted by Crippen LogP contribution is 2.50. The number of fused-ring (bicyclic) bond motifs is 4. The summed E-state index contributed by atoms with van der Waals surface area (Å²) in [7, 11) is 0. The molecular formula is C27H24N2O2. The number of allylic oxidation sites excluding steroid dienone is 2. The summed E-state index contributed by atoms with van der Waals surface area (Å²) in [5, 5.41) is 3.81. The van der Waals surface area contributed by atoms with E-state index in [1.54, 1.807) is 0 Å². The van der Waals surface area contributed by atoms with E-state index >= 15 is 0 Å². The topological polar surface area (TPSA) is 42.9 Å². The van der Waals surface area contributed by atoms with Crippen molar-refractivity contribution in [2.24, 2.45) is 10.9 Å². The van der Waals surface area contributed by atoms with E-state index in [0.717, 1.165) is 29.2 Å². The quantitative estimate of drug-likeness (QED) is 0.408. The molecule has 3 atom stereocenters. The van der Waals surface area contributed by atoms with Crippen molar-refractivity contribution in [1.29, 1.82) is 0 Å². The first kappa shape index (κ1) is 18.3. The van der Waals surface area contributed by atoms with Crippen LogP contribution in [0.1, 0.15) is 40.6 Å². The summed E-state index contributed by atoms with van der Waals surface area (Å²) in [6, 6.07) is 21.5. The zero-order chi connectivity index (χ0) is 20.8. The van der Waals surface area contributed by atoms with Crippen LogP contribution in [0.25, 0.3) is 0 Å². The molecule has 3 aromatic rings. The molecule has 0 fully saturated rings. The second kappa shape index (κ2) is 7.31. The van der Waals surface area contributed by atoms with E-state index in [9.17, 15) is 0 Å². The molecule has 0 amide bonds. The van der Waals surface area contributed by atoms with Gasteiger partial charge in [0.25, 0.3) is 0 Å². The zero-order valence-corrected chi connectivity index (χ0v) is 17.4. The van der Waals surface area contributed by atoms with Gasteiger partial charge in [-0.25, -0.2) is 0 Å². The van der Waals surface area contributed by atoms with Crippen LogP contribution in [0.5, 0.6) is 11.5 Å². The van der Waals surface area contributed by atoms with Crippen LogP contribution in [-0.4, -0.2) is 13.0 Å². The maximum absolute atomic E-state index is 5.44. The molecule has 0 spiro atoms. The van der Waals surface area contributed by atoms with Crippen molar-refractivity contribution in [1.82, 2.24) is 0 Å². The molecule has 154 valence electrons. The fourth-order valence-electron chi connectivity index (χ4n) is 4.95. The van der Waals surface area contributed by atoms with Gasteiger partial charge in [0.05, 0.1) is 11.7 Å². The molecule has 0 saturated heterocycles. The lowest BCUT2D eigenvalue weighted by Crippen LogP contribution is -2.29. The monoisotopic (exact) mass is 408 g/mol. The SMILES string of the molecule is Cc1ccc2c(c1)[C@@H]1C=CC[C@@H]1[C@@H](c1ccc(N=Cc3ccc4c(c3)OCO4)cc1)N2. The molecule has 1 N–H and O–H groups in total. The number of hydrogen-bond donors (Lipinski definition) is 1. The second-order valence-corrected chi connectivity index (χ2v) is 8.53. The number of ether oxygens (including phenoxy) is 2. The molecule has 0 saturated carbocycles. The Hall–Kier alpha value is -3.53. The first-order valence-corrected chi connectivity index (χ1v) is 10.8. The van der Waals surface area contributed by atoms with Crippen molar-refractivity contribution >= 4 is 17.6 Å². The molecule has 0 aromatic heterocycles. The van der Waals surface area contributed by atoms with Crippen molar-refractivity contribution in [3.63, 3.8) is 0 Å². The molecule has 31 heavy (non-hydrogen) atoms. The minimum atomic E-state index is 0.286. The molecule has 0 unspecified atom stereocenters. The highest BCUT2D eigenvalue weighted by Gasteiger charge is 2.37. The molecule has 0 radical (unpaired) electrons. The fraction of sp³-hybridized carbons (Fsp3) is 0.222. The standard InChI is InChI=1S/C27H24N2O2/c1-17-5-11-24-23(13-17)21-3-2-4-22(21)27(29-24)19-7-9-20(10-8-19)28-15-18-6-12-25-26(14-18)31-16-30-25/h2-3,5-15,21-22,27,29H,4,16H2,1H3/t21-,22+,27-/m1/s1. The molecule has 4 heteroatoms. The second-order valence-electron chi connectivity index (χ2n) is 8.53. The lowest BCUT2D eigenvalue weighted by Gasteiger charge is -2.37. The van der Waals surface area contributed by atoms with Gasteiger partial charge in [0, 0.05) is 17.8 Å². The molecule has 0 bridgehead atoms. The first-order valence-electron chi connectivity index (χ1n) is 10.8. The number of hydrogen-bond acceptors (Lipinski definition) is 4. The van der Waals surface area contributed by atoms with Crippen LogP contribution in [0, 0.1) is 12.8 Å². The third-order valence-electron chi connectivity index (χ3n) is 6.53. The highest BCUT2D eigenvalue weighted by molar-refractivity contribution is 5.83. The van der Waals surface area contributed by atoms with Crippen LogP contribution in [0.3, 0.4) is 0 Å². The van der Waals surface area contributed by atoms with E-state index in [4.69, 9.17) is 9.47 Å². The lowest BCUT2D eigenvalue weighted by molar-refractivity contribution is 0.174. The minimum absolute atomic E-state index is 0.286. The van der Waals surface area contributed by atoms with Gasteiger partial charge < -0.3 is 14.8 Å². The zero-order valence-electron chi connectivity index (χ0n) is 17.4. The van der Waals surface area contributed by atoms with Gasteiger partial charge in [-0.05, 0) is 72.4 Å². The average molecular weight is 409 g/mol. The average Bonchev–Trinajstić information content (AvgIpc) is 3.47. The van der Waals surface area contributed by atoms with Crippen LogP contribution < -0.4 is 14.8 Å². The summed E-state index contributed by atoms with van der Waals surface area (Å²) >= 11 is 0. The van der Waals surface area contributed by atoms with Crippen molar-refractivity contribution in [3.8, 4) is 11.5 Å². The van der Waals surface area contributed by atoms with Crippen molar-refractivity contribution in [3.05, 3.63) is 95.1 Å². The van der Waals surface area contributed by atoms with Gasteiger partial charge in [-0.3, -0.25) is 4.99 Å². The lowest BCUT2D eigenvalue weighted by atomic mass is 9.76. The van der Waals surface area contributed by atoms with E-state index < -0.39 is 0 Å². The van der Waals surface area contributed by atoms with Crippen molar-refractivity contribution < 1.29 is 9.47 Å². The van der Waals surface area contributed by atoms with Gasteiger partial charge in [-0.15, -0.1) is 0 Å². The summed E-state index contributed by atoms with van der Waals surface area (Å²) in [5.41, 5.74) is 7.26. The normalized spacial score (nSPS) is 22.9. The third-order valence-corrected chi connectivity index (χ3v) is 6.53. The third kappa shape index (κ3) is 3.28. The highest BCUT2D eigenvalue weighted by atomic mass is 16.7. The Morgan fingerprint density at radius 3 is 2.74 bits per heavy atom. The molecule has 3 aromatic carbocycles. The van der Waals surface area contributed by atoms with Crippen LogP contribution in [-0.2, 0) is 0 Å². The Bertz CT molecular complexity index is 1200. The Morgan fingerprint density at radius 2 is 1.84 bits per heavy atom. The van der Waals surface area contributed by atoms with Crippen LogP contribution in [0.4, 0.5) is 11.4 Å². The molecule has 3 aliphatic rings. The van der Waals surface area contributed by atoms with Crippen LogP contribution in [0.15, 0.2) is 77.8 Å². The molecule has 1 aliphatic carbocycles. The Balaban J connectivity index is 1.23. The largest absolute Gasteiger partial charge is 0.454 e. The first-order chi connectivity index (χ1) is 15.2. The molecule has 2 heterocycles. The van der Waals surface area contributed by atoms with E-state index in [1.165, 1.54) is 22.4 Å². The maximum Gasteiger partial charge on any atom is 0.231 e. The van der Waals surface area contributed by atoms with Gasteiger partial charge in [0.2, 0.25) is 6.79 Å². The number of benzene rings is 3.